The van der Waals surface area contributed by atoms with Crippen molar-refractivity contribution in [3.8, 4) is 0 Å². The molecule has 0 spiro atoms. The van der Waals surface area contributed by atoms with Gasteiger partial charge in [0.1, 0.15) is 5.82 Å². The second kappa shape index (κ2) is 9.78. The summed E-state index contributed by atoms with van der Waals surface area (Å²) >= 11 is 0. The van der Waals surface area contributed by atoms with Gasteiger partial charge in [-0.25, -0.2) is 12.8 Å². The Morgan fingerprint density at radius 2 is 1.84 bits per heavy atom. The molecule has 2 aromatic rings. The Bertz CT molecular complexity index is 1320. The summed E-state index contributed by atoms with van der Waals surface area (Å²) in [6, 6.07) is 6.50. The highest BCUT2D eigenvalue weighted by molar-refractivity contribution is 7.92. The number of alkyl halides is 3. The van der Waals surface area contributed by atoms with E-state index in [-0.39, 0.29) is 61.5 Å². The van der Waals surface area contributed by atoms with Crippen LogP contribution in [0.1, 0.15) is 37.3 Å². The molecule has 0 radical (unpaired) electrons. The first-order chi connectivity index (χ1) is 17.6. The van der Waals surface area contributed by atoms with Gasteiger partial charge < -0.3 is 20.8 Å². The van der Waals surface area contributed by atoms with E-state index in [4.69, 9.17) is 5.73 Å². The number of likely N-dealkylation sites (tertiary alicyclic amines) is 1. The van der Waals surface area contributed by atoms with Gasteiger partial charge in [0.15, 0.2) is 5.60 Å². The third kappa shape index (κ3) is 5.12. The van der Waals surface area contributed by atoms with Gasteiger partial charge >= 0.3 is 6.18 Å². The zero-order valence-electron chi connectivity index (χ0n) is 20.6. The predicted molar refractivity (Wildman–Crippen MR) is 130 cm³/mol. The third-order valence-corrected chi connectivity index (χ3v) is 9.24. The molecule has 38 heavy (non-hydrogen) atoms. The molecule has 1 saturated heterocycles. The van der Waals surface area contributed by atoms with Crippen LogP contribution in [0.15, 0.2) is 47.4 Å². The lowest BCUT2D eigenvalue weighted by atomic mass is 9.89. The van der Waals surface area contributed by atoms with Crippen LogP contribution >= 0.6 is 0 Å². The van der Waals surface area contributed by atoms with Gasteiger partial charge in [0.05, 0.1) is 28.8 Å². The van der Waals surface area contributed by atoms with E-state index in [0.717, 1.165) is 40.7 Å². The summed E-state index contributed by atoms with van der Waals surface area (Å²) in [6.45, 7) is 0.829. The number of aryl methyl sites for hydroxylation is 1. The van der Waals surface area contributed by atoms with Gasteiger partial charge in [-0.05, 0) is 67.6 Å². The lowest BCUT2D eigenvalue weighted by molar-refractivity contribution is -0.258. The first-order valence-corrected chi connectivity index (χ1v) is 13.5. The number of hydrogen-bond acceptors (Lipinski definition) is 6. The lowest BCUT2D eigenvalue weighted by Gasteiger charge is -2.39. The van der Waals surface area contributed by atoms with Gasteiger partial charge in [0.25, 0.3) is 10.0 Å². The second-order valence-corrected chi connectivity index (χ2v) is 11.9. The highest BCUT2D eigenvalue weighted by Gasteiger charge is 2.51. The number of hydrogen-bond donors (Lipinski definition) is 3. The van der Waals surface area contributed by atoms with Crippen LogP contribution < -0.4 is 10.0 Å². The minimum atomic E-state index is -4.97. The fourth-order valence-electron chi connectivity index (χ4n) is 4.90. The molecule has 4 rings (SSSR count). The summed E-state index contributed by atoms with van der Waals surface area (Å²) in [5.74, 6) is -1.06. The van der Waals surface area contributed by atoms with Crippen LogP contribution in [-0.2, 0) is 26.8 Å². The number of anilines is 1. The molecule has 13 heteroatoms. The minimum Gasteiger partial charge on any atom is -0.387 e. The van der Waals surface area contributed by atoms with Crippen molar-refractivity contribution in [3.63, 3.8) is 0 Å². The quantitative estimate of drug-likeness (QED) is 0.467. The van der Waals surface area contributed by atoms with Gasteiger partial charge in [0, 0.05) is 19.5 Å². The van der Waals surface area contributed by atoms with Crippen molar-refractivity contribution < 1.29 is 41.0 Å². The fourth-order valence-corrected chi connectivity index (χ4v) is 6.62. The number of nitrogens with two attached hydrogens (primary N) is 1. The number of sulfonamides is 1. The summed E-state index contributed by atoms with van der Waals surface area (Å²) in [6.07, 6.45) is -4.68. The van der Waals surface area contributed by atoms with Crippen molar-refractivity contribution in [2.75, 3.05) is 23.9 Å². The molecule has 208 valence electrons. The number of amides is 1. The summed E-state index contributed by atoms with van der Waals surface area (Å²) < 4.78 is 82.4. The van der Waals surface area contributed by atoms with E-state index in [0.29, 0.717) is 6.92 Å². The average molecular weight is 560 g/mol. The number of rotatable bonds is 6. The number of halogens is 4. The van der Waals surface area contributed by atoms with E-state index < -0.39 is 50.7 Å². The highest BCUT2D eigenvalue weighted by Crippen LogP contribution is 2.43. The molecule has 0 aliphatic carbocycles. The Kier molecular flexibility index (Phi) is 7.27. The first kappa shape index (κ1) is 28.3. The lowest BCUT2D eigenvalue weighted by Crippen LogP contribution is -2.47. The molecule has 2 aromatic carbocycles. The Labute approximate surface area is 217 Å². The number of nitrogens with zero attached hydrogens (tertiary/aromatic N) is 2. The first-order valence-electron chi connectivity index (χ1n) is 12.0. The van der Waals surface area contributed by atoms with E-state index in [1.54, 1.807) is 0 Å². The molecule has 8 nitrogen and oxygen atoms in total. The number of carbonyl (C=O) groups is 1. The van der Waals surface area contributed by atoms with Crippen LogP contribution in [0.5, 0.6) is 0 Å². The largest absolute Gasteiger partial charge is 0.421 e. The fraction of sp³-hybridized carbons (Fsp3) is 0.480. The maximum Gasteiger partial charge on any atom is 0.421 e. The van der Waals surface area contributed by atoms with Gasteiger partial charge in [-0.2, -0.15) is 13.2 Å². The van der Waals surface area contributed by atoms with Crippen LogP contribution in [-0.4, -0.2) is 66.9 Å². The molecule has 4 N–H and O–H groups in total. The minimum absolute atomic E-state index is 0.00619. The average Bonchev–Trinajstić information content (AvgIpc) is 3.26. The van der Waals surface area contributed by atoms with Gasteiger partial charge in [0.2, 0.25) is 5.91 Å². The summed E-state index contributed by atoms with van der Waals surface area (Å²) in [5.41, 5.74) is 1.09. The van der Waals surface area contributed by atoms with Crippen LogP contribution in [0.4, 0.5) is 23.2 Å². The van der Waals surface area contributed by atoms with Crippen molar-refractivity contribution >= 4 is 21.6 Å². The Morgan fingerprint density at radius 3 is 2.42 bits per heavy atom. The predicted octanol–water partition coefficient (Wildman–Crippen LogP) is 2.42. The summed E-state index contributed by atoms with van der Waals surface area (Å²) in [4.78, 5) is 14.3. The van der Waals surface area contributed by atoms with E-state index >= 15 is 0 Å². The number of benzene rings is 2. The molecule has 0 bridgehead atoms. The topological polar surface area (TPSA) is 124 Å². The molecule has 3 atom stereocenters. The van der Waals surface area contributed by atoms with Crippen molar-refractivity contribution in [3.05, 3.63) is 59.4 Å². The Hall–Kier alpha value is -2.74. The van der Waals surface area contributed by atoms with E-state index in [1.165, 1.54) is 11.0 Å². The standard InChI is InChI=1S/C25H29F4N3O5S/c1-23(34,25(27,28)29)17-3-9-21-16(12-17)2-6-19(13-22(33)31-11-10-24(35,14-30)15-31)32(21)38(36,37)20-7-4-18(26)5-8-20/h3-5,7-9,12,19,34-35H,2,6,10-11,13-15,30H2,1H3/t19-,23?,24?/m0/s1. The summed E-state index contributed by atoms with van der Waals surface area (Å²) in [7, 11) is -4.37. The monoisotopic (exact) mass is 559 g/mol. The third-order valence-electron chi connectivity index (χ3n) is 7.36. The van der Waals surface area contributed by atoms with Crippen molar-refractivity contribution in [1.82, 2.24) is 4.90 Å². The molecule has 0 aromatic heterocycles. The molecule has 2 aliphatic rings. The molecular weight excluding hydrogens is 530 g/mol. The van der Waals surface area contributed by atoms with Crippen LogP contribution in [0, 0.1) is 5.82 Å². The summed E-state index contributed by atoms with van der Waals surface area (Å²) in [5, 5.41) is 20.5. The maximum absolute atomic E-state index is 13.8. The molecular formula is C25H29F4N3O5S. The SMILES string of the molecule is CC(O)(c1ccc2c(c1)CC[C@@H](CC(=O)N1CCC(O)(CN)C1)N2S(=O)(=O)c1ccc(F)cc1)C(F)(F)F. The van der Waals surface area contributed by atoms with E-state index in [2.05, 4.69) is 0 Å². The number of β-amino-alcohol motifs (C(OH)–C–C–N with tert-alkyl or cyclic N) is 1. The van der Waals surface area contributed by atoms with Crippen LogP contribution in [0.25, 0.3) is 0 Å². The zero-order valence-corrected chi connectivity index (χ0v) is 21.4. The second-order valence-electron chi connectivity index (χ2n) is 10.1. The van der Waals surface area contributed by atoms with Crippen LogP contribution in [0.2, 0.25) is 0 Å². The smallest absolute Gasteiger partial charge is 0.387 e. The van der Waals surface area contributed by atoms with Crippen LogP contribution in [0.3, 0.4) is 0 Å². The molecule has 2 heterocycles. The molecule has 1 amide bonds. The molecule has 2 unspecified atom stereocenters. The number of aliphatic hydroxyl groups is 2. The number of fused-ring (bicyclic) bond motifs is 1. The number of carbonyl (C=O) groups excluding carboxylic acids is 1. The van der Waals surface area contributed by atoms with Gasteiger partial charge in [-0.3, -0.25) is 9.10 Å². The molecule has 0 saturated carbocycles. The van der Waals surface area contributed by atoms with Crippen molar-refractivity contribution in [2.24, 2.45) is 5.73 Å². The van der Waals surface area contributed by atoms with Gasteiger partial charge in [-0.15, -0.1) is 0 Å². The van der Waals surface area contributed by atoms with Crippen molar-refractivity contribution in [2.45, 2.75) is 60.9 Å². The zero-order chi connectivity index (χ0) is 28.1. The molecule has 2 aliphatic heterocycles. The maximum atomic E-state index is 13.8. The Morgan fingerprint density at radius 1 is 1.18 bits per heavy atom. The molecule has 1 fully saturated rings. The van der Waals surface area contributed by atoms with Crippen molar-refractivity contribution in [1.29, 1.82) is 0 Å². The van der Waals surface area contributed by atoms with E-state index in [9.17, 15) is 41.0 Å². The van der Waals surface area contributed by atoms with E-state index in [1.807, 2.05) is 0 Å². The normalized spacial score (nSPS) is 23.7. The van der Waals surface area contributed by atoms with Gasteiger partial charge in [-0.1, -0.05) is 12.1 Å². The highest BCUT2D eigenvalue weighted by atomic mass is 32.2. The Balaban J connectivity index is 1.73.